The van der Waals surface area contributed by atoms with Gasteiger partial charge in [0, 0.05) is 24.4 Å². The van der Waals surface area contributed by atoms with Crippen molar-refractivity contribution in [1.29, 1.82) is 0 Å². The van der Waals surface area contributed by atoms with Crippen LogP contribution in [0, 0.1) is 22.7 Å². The van der Waals surface area contributed by atoms with Crippen molar-refractivity contribution in [3.05, 3.63) is 0 Å². The van der Waals surface area contributed by atoms with Gasteiger partial charge in [-0.25, -0.2) is 0 Å². The van der Waals surface area contributed by atoms with Crippen LogP contribution in [-0.2, 0) is 9.59 Å². The zero-order chi connectivity index (χ0) is 20.2. The van der Waals surface area contributed by atoms with Gasteiger partial charge in [0.2, 0.25) is 11.8 Å². The maximum atomic E-state index is 12.8. The van der Waals surface area contributed by atoms with Crippen molar-refractivity contribution in [1.82, 2.24) is 10.6 Å². The minimum Gasteiger partial charge on any atom is -0.355 e. The molecule has 28 heavy (non-hydrogen) atoms. The number of hydrogen-bond donors (Lipinski definition) is 2. The van der Waals surface area contributed by atoms with E-state index in [0.29, 0.717) is 0 Å². The van der Waals surface area contributed by atoms with E-state index in [1.165, 1.54) is 38.5 Å². The summed E-state index contributed by atoms with van der Waals surface area (Å²) in [4.78, 5) is 25.4. The van der Waals surface area contributed by atoms with Crippen LogP contribution in [0.15, 0.2) is 0 Å². The molecular weight excluding hydrogens is 348 g/mol. The maximum absolute atomic E-state index is 12.8. The Morgan fingerprint density at radius 3 is 1.89 bits per heavy atom. The summed E-state index contributed by atoms with van der Waals surface area (Å²) in [7, 11) is 0. The first-order valence-corrected chi connectivity index (χ1v) is 11.8. The van der Waals surface area contributed by atoms with E-state index < -0.39 is 0 Å². The van der Waals surface area contributed by atoms with Crippen LogP contribution in [0.1, 0.15) is 104 Å². The average molecular weight is 391 g/mol. The number of amides is 2. The monoisotopic (exact) mass is 390 g/mol. The summed E-state index contributed by atoms with van der Waals surface area (Å²) in [5, 5.41) is 6.68. The van der Waals surface area contributed by atoms with Crippen molar-refractivity contribution in [3.63, 3.8) is 0 Å². The first-order valence-electron chi connectivity index (χ1n) is 11.8. The van der Waals surface area contributed by atoms with Crippen LogP contribution in [0.2, 0.25) is 0 Å². The van der Waals surface area contributed by atoms with Gasteiger partial charge in [-0.15, -0.1) is 0 Å². The molecule has 0 unspecified atom stereocenters. The lowest BCUT2D eigenvalue weighted by atomic mass is 9.62. The smallest absolute Gasteiger partial charge is 0.223 e. The molecule has 0 radical (unpaired) electrons. The molecule has 160 valence electrons. The normalized spacial score (nSPS) is 31.9. The second-order valence-electron chi connectivity index (χ2n) is 11.2. The van der Waals surface area contributed by atoms with E-state index in [9.17, 15) is 9.59 Å². The average Bonchev–Trinajstić information content (AvgIpc) is 2.66. The van der Waals surface area contributed by atoms with Crippen LogP contribution < -0.4 is 10.6 Å². The molecule has 0 bridgehead atoms. The Morgan fingerprint density at radius 1 is 0.786 bits per heavy atom. The molecule has 0 aromatic rings. The molecule has 0 aromatic carbocycles. The quantitative estimate of drug-likeness (QED) is 0.697. The van der Waals surface area contributed by atoms with E-state index >= 15 is 0 Å². The number of carbonyl (C=O) groups excluding carboxylic acids is 2. The predicted molar refractivity (Wildman–Crippen MR) is 114 cm³/mol. The van der Waals surface area contributed by atoms with Gasteiger partial charge in [-0.2, -0.15) is 0 Å². The second kappa shape index (κ2) is 9.17. The van der Waals surface area contributed by atoms with E-state index in [1.54, 1.807) is 0 Å². The lowest BCUT2D eigenvalue weighted by Crippen LogP contribution is -2.51. The molecule has 3 fully saturated rings. The minimum absolute atomic E-state index is 0.0522. The van der Waals surface area contributed by atoms with Crippen molar-refractivity contribution in [2.75, 3.05) is 6.54 Å². The molecule has 2 amide bonds. The SMILES string of the molecule is CC1(C)C[C@H](NC(=O)C2CCCCC2)C[C@@](C)(CNC(=O)C2CCCCC2)C1. The first-order chi connectivity index (χ1) is 13.3. The second-order valence-corrected chi connectivity index (χ2v) is 11.2. The van der Waals surface area contributed by atoms with E-state index in [1.807, 2.05) is 0 Å². The fourth-order valence-corrected chi connectivity index (χ4v) is 6.36. The highest BCUT2D eigenvalue weighted by atomic mass is 16.2. The van der Waals surface area contributed by atoms with Gasteiger partial charge in [-0.05, 0) is 55.8 Å². The molecule has 2 atom stereocenters. The summed E-state index contributed by atoms with van der Waals surface area (Å²) in [6.07, 6.45) is 14.6. The molecule has 2 N–H and O–H groups in total. The van der Waals surface area contributed by atoms with Crippen LogP contribution in [0.4, 0.5) is 0 Å². The summed E-state index contributed by atoms with van der Waals surface area (Å²) in [6, 6.07) is 0.231. The highest BCUT2D eigenvalue weighted by molar-refractivity contribution is 5.79. The molecule has 3 saturated carbocycles. The van der Waals surface area contributed by atoms with Gasteiger partial charge < -0.3 is 10.6 Å². The molecule has 3 aliphatic carbocycles. The largest absolute Gasteiger partial charge is 0.355 e. The molecule has 0 aromatic heterocycles. The van der Waals surface area contributed by atoms with Crippen LogP contribution in [0.5, 0.6) is 0 Å². The van der Waals surface area contributed by atoms with E-state index in [4.69, 9.17) is 0 Å². The summed E-state index contributed by atoms with van der Waals surface area (Å²) < 4.78 is 0. The molecule has 0 aliphatic heterocycles. The van der Waals surface area contributed by atoms with Gasteiger partial charge >= 0.3 is 0 Å². The highest BCUT2D eigenvalue weighted by Gasteiger charge is 2.42. The Balaban J connectivity index is 1.55. The molecule has 4 heteroatoms. The Morgan fingerprint density at radius 2 is 1.32 bits per heavy atom. The zero-order valence-electron chi connectivity index (χ0n) is 18.4. The third-order valence-electron chi connectivity index (χ3n) is 7.43. The van der Waals surface area contributed by atoms with Crippen molar-refractivity contribution in [2.24, 2.45) is 22.7 Å². The Bertz CT molecular complexity index is 547. The van der Waals surface area contributed by atoms with E-state index in [2.05, 4.69) is 31.4 Å². The Labute approximate surface area is 172 Å². The van der Waals surface area contributed by atoms with Gasteiger partial charge in [0.15, 0.2) is 0 Å². The molecule has 0 spiro atoms. The molecular formula is C24H42N2O2. The molecule has 3 rings (SSSR count). The third-order valence-corrected chi connectivity index (χ3v) is 7.43. The van der Waals surface area contributed by atoms with Crippen molar-refractivity contribution in [3.8, 4) is 0 Å². The van der Waals surface area contributed by atoms with Crippen molar-refractivity contribution in [2.45, 2.75) is 110 Å². The molecule has 3 aliphatic rings. The molecule has 0 saturated heterocycles. The summed E-state index contributed by atoms with van der Waals surface area (Å²) in [5.74, 6) is 0.967. The standard InChI is InChI=1S/C24H42N2O2/c1-23(2)14-20(26-22(28)19-12-8-5-9-13-19)15-24(3,16-23)17-25-21(27)18-10-6-4-7-11-18/h18-20H,4-17H2,1-3H3,(H,25,27)(H,26,28)/t20-,24+/m0/s1. The number of nitrogens with one attached hydrogen (secondary N) is 2. The van der Waals surface area contributed by atoms with E-state index in [-0.39, 0.29) is 40.5 Å². The van der Waals surface area contributed by atoms with Crippen molar-refractivity contribution >= 4 is 11.8 Å². The third kappa shape index (κ3) is 5.97. The lowest BCUT2D eigenvalue weighted by Gasteiger charge is -2.47. The lowest BCUT2D eigenvalue weighted by molar-refractivity contribution is -0.129. The summed E-state index contributed by atoms with van der Waals surface area (Å²) in [6.45, 7) is 7.66. The van der Waals surface area contributed by atoms with Crippen LogP contribution in [0.3, 0.4) is 0 Å². The Kier molecular flexibility index (Phi) is 7.09. The topological polar surface area (TPSA) is 58.2 Å². The van der Waals surface area contributed by atoms with Gasteiger partial charge in [-0.3, -0.25) is 9.59 Å². The van der Waals surface area contributed by atoms with Crippen molar-refractivity contribution < 1.29 is 9.59 Å². The maximum Gasteiger partial charge on any atom is 0.223 e. The minimum atomic E-state index is 0.0522. The van der Waals surface area contributed by atoms with Gasteiger partial charge in [0.25, 0.3) is 0 Å². The summed E-state index contributed by atoms with van der Waals surface area (Å²) in [5.41, 5.74) is 0.240. The van der Waals surface area contributed by atoms with Crippen LogP contribution >= 0.6 is 0 Å². The zero-order valence-corrected chi connectivity index (χ0v) is 18.4. The fourth-order valence-electron chi connectivity index (χ4n) is 6.36. The van der Waals surface area contributed by atoms with Gasteiger partial charge in [0.1, 0.15) is 0 Å². The first kappa shape index (κ1) is 21.6. The number of carbonyl (C=O) groups is 2. The molecule has 4 nitrogen and oxygen atoms in total. The summed E-state index contributed by atoms with van der Waals surface area (Å²) >= 11 is 0. The highest BCUT2D eigenvalue weighted by Crippen LogP contribution is 2.46. The van der Waals surface area contributed by atoms with Crippen LogP contribution in [-0.4, -0.2) is 24.4 Å². The Hall–Kier alpha value is -1.06. The fraction of sp³-hybridized carbons (Fsp3) is 0.917. The number of hydrogen-bond acceptors (Lipinski definition) is 2. The molecule has 0 heterocycles. The van der Waals surface area contributed by atoms with Gasteiger partial charge in [-0.1, -0.05) is 59.3 Å². The number of rotatable bonds is 5. The predicted octanol–water partition coefficient (Wildman–Crippen LogP) is 4.96. The van der Waals surface area contributed by atoms with E-state index in [0.717, 1.165) is 51.5 Å². The van der Waals surface area contributed by atoms with Crippen LogP contribution in [0.25, 0.3) is 0 Å². The van der Waals surface area contributed by atoms with Gasteiger partial charge in [0.05, 0.1) is 0 Å².